The Kier molecular flexibility index (Phi) is 5.59. The van der Waals surface area contributed by atoms with E-state index in [0.717, 1.165) is 35.9 Å². The van der Waals surface area contributed by atoms with Gasteiger partial charge >= 0.3 is 0 Å². The molecule has 1 aliphatic carbocycles. The van der Waals surface area contributed by atoms with Crippen LogP contribution in [0.5, 0.6) is 0 Å². The molecule has 1 N–H and O–H groups in total. The molecule has 2 aliphatic rings. The summed E-state index contributed by atoms with van der Waals surface area (Å²) in [6.07, 6.45) is 5.61. The largest absolute Gasteiger partial charge is 0.363 e. The third-order valence-corrected chi connectivity index (χ3v) is 5.25. The number of hydrogen-bond donors (Lipinski definition) is 1. The number of nitrogens with one attached hydrogen (secondary N) is 1. The number of hydrogen-bond acceptors (Lipinski definition) is 3. The Hall–Kier alpha value is -1.78. The van der Waals surface area contributed by atoms with E-state index in [0.29, 0.717) is 6.54 Å². The Morgan fingerprint density at radius 1 is 1.25 bits per heavy atom. The zero-order chi connectivity index (χ0) is 16.9. The summed E-state index contributed by atoms with van der Waals surface area (Å²) in [6.45, 7) is 6.03. The summed E-state index contributed by atoms with van der Waals surface area (Å²) in [5.41, 5.74) is 1.02. The predicted molar refractivity (Wildman–Crippen MR) is 100 cm³/mol. The molecule has 0 amide bonds. The Balaban J connectivity index is 1.69. The summed E-state index contributed by atoms with van der Waals surface area (Å²) < 4.78 is 0. The third kappa shape index (κ3) is 4.00. The van der Waals surface area contributed by atoms with Gasteiger partial charge in [-0.3, -0.25) is 0 Å². The lowest BCUT2D eigenvalue weighted by atomic mass is 9.82. The molecule has 2 heterocycles. The third-order valence-electron chi connectivity index (χ3n) is 5.25. The summed E-state index contributed by atoms with van der Waals surface area (Å²) in [4.78, 5) is 14.1. The van der Waals surface area contributed by atoms with Crippen LogP contribution in [0, 0.1) is 11.8 Å². The van der Waals surface area contributed by atoms with Gasteiger partial charge in [0.1, 0.15) is 5.82 Å². The number of aromatic nitrogens is 1. The number of anilines is 1. The second-order valence-corrected chi connectivity index (χ2v) is 7.26. The maximum absolute atomic E-state index is 4.87. The Morgan fingerprint density at radius 2 is 1.96 bits per heavy atom. The maximum atomic E-state index is 4.87. The molecule has 5 nitrogen and oxygen atoms in total. The van der Waals surface area contributed by atoms with Gasteiger partial charge in [0, 0.05) is 33.7 Å². The molecule has 1 aliphatic heterocycles. The molecule has 1 aromatic heterocycles. The molecular formula is C19H31N5. The van der Waals surface area contributed by atoms with Crippen LogP contribution in [0.2, 0.25) is 0 Å². The molecule has 1 saturated carbocycles. The van der Waals surface area contributed by atoms with Crippen molar-refractivity contribution in [3.8, 4) is 0 Å². The number of pyridine rings is 1. The minimum Gasteiger partial charge on any atom is -0.363 e. The van der Waals surface area contributed by atoms with Crippen molar-refractivity contribution in [3.05, 3.63) is 23.9 Å². The lowest BCUT2D eigenvalue weighted by molar-refractivity contribution is 0.299. The van der Waals surface area contributed by atoms with E-state index in [2.05, 4.69) is 34.3 Å². The van der Waals surface area contributed by atoms with E-state index in [1.807, 2.05) is 25.1 Å². The average Bonchev–Trinajstić information content (AvgIpc) is 3.02. The number of rotatable bonds is 4. The van der Waals surface area contributed by atoms with E-state index < -0.39 is 0 Å². The summed E-state index contributed by atoms with van der Waals surface area (Å²) in [6, 6.07) is 6.15. The van der Waals surface area contributed by atoms with E-state index >= 15 is 0 Å². The van der Waals surface area contributed by atoms with Crippen molar-refractivity contribution in [1.29, 1.82) is 0 Å². The SMILES string of the molecule is CCNC(=NCc1cccc(N(C)C)n1)N1CC2CCCCC2C1. The highest BCUT2D eigenvalue weighted by atomic mass is 15.3. The van der Waals surface area contributed by atoms with Crippen LogP contribution < -0.4 is 10.2 Å². The fourth-order valence-electron chi connectivity index (χ4n) is 3.96. The van der Waals surface area contributed by atoms with Crippen LogP contribution in [-0.4, -0.2) is 49.6 Å². The van der Waals surface area contributed by atoms with Crippen LogP contribution in [-0.2, 0) is 6.54 Å². The van der Waals surface area contributed by atoms with E-state index in [1.54, 1.807) is 0 Å². The van der Waals surface area contributed by atoms with Crippen molar-refractivity contribution in [2.24, 2.45) is 16.8 Å². The van der Waals surface area contributed by atoms with Crippen LogP contribution in [0.15, 0.2) is 23.2 Å². The summed E-state index contributed by atoms with van der Waals surface area (Å²) in [5.74, 6) is 3.79. The van der Waals surface area contributed by atoms with Gasteiger partial charge in [0.05, 0.1) is 12.2 Å². The fraction of sp³-hybridized carbons (Fsp3) is 0.684. The van der Waals surface area contributed by atoms with Crippen molar-refractivity contribution >= 4 is 11.8 Å². The highest BCUT2D eigenvalue weighted by Crippen LogP contribution is 2.35. The minimum absolute atomic E-state index is 0.635. The number of likely N-dealkylation sites (tertiary alicyclic amines) is 1. The second-order valence-electron chi connectivity index (χ2n) is 7.26. The van der Waals surface area contributed by atoms with Crippen LogP contribution in [0.4, 0.5) is 5.82 Å². The van der Waals surface area contributed by atoms with E-state index in [1.165, 1.54) is 38.8 Å². The highest BCUT2D eigenvalue weighted by molar-refractivity contribution is 5.80. The van der Waals surface area contributed by atoms with Gasteiger partial charge in [-0.25, -0.2) is 9.98 Å². The summed E-state index contributed by atoms with van der Waals surface area (Å²) >= 11 is 0. The minimum atomic E-state index is 0.635. The molecule has 2 atom stereocenters. The quantitative estimate of drug-likeness (QED) is 0.681. The van der Waals surface area contributed by atoms with Gasteiger partial charge in [-0.05, 0) is 43.7 Å². The monoisotopic (exact) mass is 329 g/mol. The lowest BCUT2D eigenvalue weighted by Gasteiger charge is -2.22. The van der Waals surface area contributed by atoms with Crippen molar-refractivity contribution in [2.45, 2.75) is 39.2 Å². The molecule has 3 rings (SSSR count). The van der Waals surface area contributed by atoms with E-state index in [9.17, 15) is 0 Å². The number of fused-ring (bicyclic) bond motifs is 1. The summed E-state index contributed by atoms with van der Waals surface area (Å²) in [7, 11) is 4.04. The number of nitrogens with zero attached hydrogens (tertiary/aromatic N) is 4. The molecule has 24 heavy (non-hydrogen) atoms. The predicted octanol–water partition coefficient (Wildman–Crippen LogP) is 2.74. The smallest absolute Gasteiger partial charge is 0.194 e. The topological polar surface area (TPSA) is 43.8 Å². The highest BCUT2D eigenvalue weighted by Gasteiger charge is 2.35. The van der Waals surface area contributed by atoms with Gasteiger partial charge < -0.3 is 15.1 Å². The molecule has 0 radical (unpaired) electrons. The van der Waals surface area contributed by atoms with Gasteiger partial charge in [-0.2, -0.15) is 0 Å². The van der Waals surface area contributed by atoms with Gasteiger partial charge in [-0.1, -0.05) is 18.9 Å². The molecule has 5 heteroatoms. The Bertz CT molecular complexity index is 555. The van der Waals surface area contributed by atoms with Crippen molar-refractivity contribution in [2.75, 3.05) is 38.6 Å². The molecule has 2 unspecified atom stereocenters. The first kappa shape index (κ1) is 17.1. The Labute approximate surface area is 146 Å². The first-order valence-electron chi connectivity index (χ1n) is 9.34. The van der Waals surface area contributed by atoms with Gasteiger partial charge in [0.2, 0.25) is 0 Å². The molecule has 0 spiro atoms. The van der Waals surface area contributed by atoms with Crippen LogP contribution in [0.25, 0.3) is 0 Å². The van der Waals surface area contributed by atoms with Crippen molar-refractivity contribution in [3.63, 3.8) is 0 Å². The number of aliphatic imine (C=N–C) groups is 1. The first-order chi connectivity index (χ1) is 11.7. The van der Waals surface area contributed by atoms with Crippen molar-refractivity contribution in [1.82, 2.24) is 15.2 Å². The van der Waals surface area contributed by atoms with Crippen LogP contribution in [0.3, 0.4) is 0 Å². The molecular weight excluding hydrogens is 298 g/mol. The van der Waals surface area contributed by atoms with Gasteiger partial charge in [0.15, 0.2) is 5.96 Å². The standard InChI is InChI=1S/C19H31N5/c1-4-20-19(24-13-15-8-5-6-9-16(15)14-24)21-12-17-10-7-11-18(22-17)23(2)3/h7,10-11,15-16H,4-6,8-9,12-14H2,1-3H3,(H,20,21). The summed E-state index contributed by atoms with van der Waals surface area (Å²) in [5, 5.41) is 3.48. The van der Waals surface area contributed by atoms with Gasteiger partial charge in [-0.15, -0.1) is 0 Å². The van der Waals surface area contributed by atoms with Crippen LogP contribution in [0.1, 0.15) is 38.3 Å². The molecule has 0 aromatic carbocycles. The zero-order valence-corrected chi connectivity index (χ0v) is 15.3. The lowest BCUT2D eigenvalue weighted by Crippen LogP contribution is -2.40. The van der Waals surface area contributed by atoms with E-state index in [4.69, 9.17) is 4.99 Å². The second kappa shape index (κ2) is 7.86. The zero-order valence-electron chi connectivity index (χ0n) is 15.3. The fourth-order valence-corrected chi connectivity index (χ4v) is 3.96. The molecule has 1 aromatic rings. The number of guanidine groups is 1. The molecule has 132 valence electrons. The molecule has 1 saturated heterocycles. The average molecular weight is 329 g/mol. The maximum Gasteiger partial charge on any atom is 0.194 e. The van der Waals surface area contributed by atoms with E-state index in [-0.39, 0.29) is 0 Å². The first-order valence-corrected chi connectivity index (χ1v) is 9.34. The molecule has 2 fully saturated rings. The molecule has 0 bridgehead atoms. The normalized spacial score (nSPS) is 24.0. The Morgan fingerprint density at radius 3 is 2.58 bits per heavy atom. The van der Waals surface area contributed by atoms with Gasteiger partial charge in [0.25, 0.3) is 0 Å². The van der Waals surface area contributed by atoms with Crippen LogP contribution >= 0.6 is 0 Å². The van der Waals surface area contributed by atoms with Crippen molar-refractivity contribution < 1.29 is 0 Å².